The van der Waals surface area contributed by atoms with Gasteiger partial charge < -0.3 is 45.1 Å². The Labute approximate surface area is 453 Å². The van der Waals surface area contributed by atoms with Crippen LogP contribution in [0.2, 0.25) is 0 Å². The molecule has 0 aromatic heterocycles. The zero-order chi connectivity index (χ0) is 53.8. The Kier molecular flexibility index (Phi) is 49.6. The highest BCUT2D eigenvalue weighted by atomic mass is 16.7. The van der Waals surface area contributed by atoms with E-state index in [0.717, 1.165) is 70.6 Å². The molecule has 6 N–H and O–H groups in total. The average Bonchev–Trinajstić information content (AvgIpc) is 3.40. The number of aliphatic hydroxyl groups excluding tert-OH is 5. The summed E-state index contributed by atoms with van der Waals surface area (Å²) in [5, 5.41) is 54.4. The summed E-state index contributed by atoms with van der Waals surface area (Å²) in [7, 11) is 0. The predicted octanol–water partition coefficient (Wildman–Crippen LogP) is 14.5. The second kappa shape index (κ2) is 52.7. The Morgan fingerprint density at radius 1 is 0.500 bits per heavy atom. The number of hydrogen-bond acceptors (Lipinski definition) is 10. The van der Waals surface area contributed by atoms with Gasteiger partial charge in [0, 0.05) is 12.8 Å². The van der Waals surface area contributed by atoms with E-state index in [4.69, 9.17) is 14.2 Å². The number of carbonyl (C=O) groups excluding carboxylic acids is 2. The summed E-state index contributed by atoms with van der Waals surface area (Å²) in [6, 6.07) is -0.814. The van der Waals surface area contributed by atoms with Crippen molar-refractivity contribution in [1.29, 1.82) is 0 Å². The second-order valence-corrected chi connectivity index (χ2v) is 21.4. The highest BCUT2D eigenvalue weighted by Gasteiger charge is 2.44. The molecule has 11 nitrogen and oxygen atoms in total. The Balaban J connectivity index is 2.09. The Hall–Kier alpha value is -2.38. The normalized spacial score (nSPS) is 19.1. The van der Waals surface area contributed by atoms with E-state index in [9.17, 15) is 35.1 Å². The minimum Gasteiger partial charge on any atom is -0.465 e. The van der Waals surface area contributed by atoms with E-state index in [1.807, 2.05) is 6.08 Å². The molecule has 0 bridgehead atoms. The second-order valence-electron chi connectivity index (χ2n) is 21.4. The predicted molar refractivity (Wildman–Crippen MR) is 306 cm³/mol. The first-order chi connectivity index (χ1) is 36.2. The van der Waals surface area contributed by atoms with Crippen molar-refractivity contribution in [2.24, 2.45) is 0 Å². The maximum Gasteiger partial charge on any atom is 0.305 e. The van der Waals surface area contributed by atoms with Crippen LogP contribution in [0.3, 0.4) is 0 Å². The van der Waals surface area contributed by atoms with E-state index in [1.54, 1.807) is 6.08 Å². The summed E-state index contributed by atoms with van der Waals surface area (Å²) in [6.45, 7) is 4.20. The third-order valence-corrected chi connectivity index (χ3v) is 14.4. The summed E-state index contributed by atoms with van der Waals surface area (Å²) in [5.74, 6) is -0.245. The smallest absolute Gasteiger partial charge is 0.305 e. The monoisotopic (exact) mass is 1050 g/mol. The van der Waals surface area contributed by atoms with Crippen LogP contribution in [0.25, 0.3) is 0 Å². The van der Waals surface area contributed by atoms with Gasteiger partial charge in [-0.15, -0.1) is 0 Å². The largest absolute Gasteiger partial charge is 0.465 e. The molecule has 1 fully saturated rings. The number of nitrogens with one attached hydrogen (secondary N) is 1. The van der Waals surface area contributed by atoms with Crippen molar-refractivity contribution in [3.63, 3.8) is 0 Å². The van der Waals surface area contributed by atoms with Crippen molar-refractivity contribution in [2.45, 2.75) is 320 Å². The molecule has 1 saturated heterocycles. The summed E-state index contributed by atoms with van der Waals surface area (Å²) in [4.78, 5) is 25.0. The highest BCUT2D eigenvalue weighted by Crippen LogP contribution is 2.23. The summed E-state index contributed by atoms with van der Waals surface area (Å²) in [5.41, 5.74) is 0. The van der Waals surface area contributed by atoms with Crippen LogP contribution in [0.15, 0.2) is 48.6 Å². The van der Waals surface area contributed by atoms with Crippen LogP contribution in [-0.2, 0) is 23.8 Å². The third-order valence-electron chi connectivity index (χ3n) is 14.4. The number of carbonyl (C=O) groups is 2. The van der Waals surface area contributed by atoms with Crippen molar-refractivity contribution >= 4 is 11.9 Å². The van der Waals surface area contributed by atoms with Gasteiger partial charge in [0.1, 0.15) is 24.4 Å². The molecule has 432 valence electrons. The number of esters is 1. The fourth-order valence-electron chi connectivity index (χ4n) is 9.50. The first-order valence-corrected chi connectivity index (χ1v) is 30.9. The number of amides is 1. The van der Waals surface area contributed by atoms with Crippen LogP contribution in [0, 0.1) is 0 Å². The lowest BCUT2D eigenvalue weighted by Crippen LogP contribution is -2.60. The minimum absolute atomic E-state index is 0.0588. The number of allylic oxidation sites excluding steroid dienone is 6. The van der Waals surface area contributed by atoms with Gasteiger partial charge in [0.05, 0.1) is 32.0 Å². The quantitative estimate of drug-likeness (QED) is 0.0195. The van der Waals surface area contributed by atoms with Crippen LogP contribution in [0.4, 0.5) is 0 Å². The Morgan fingerprint density at radius 3 is 1.41 bits per heavy atom. The number of aliphatic hydroxyl groups is 5. The third kappa shape index (κ3) is 41.7. The fourth-order valence-corrected chi connectivity index (χ4v) is 9.50. The molecule has 7 unspecified atom stereocenters. The zero-order valence-corrected chi connectivity index (χ0v) is 47.6. The molecule has 1 heterocycles. The van der Waals surface area contributed by atoms with Gasteiger partial charge in [-0.2, -0.15) is 0 Å². The first-order valence-electron chi connectivity index (χ1n) is 30.9. The van der Waals surface area contributed by atoms with Crippen molar-refractivity contribution in [3.8, 4) is 0 Å². The van der Waals surface area contributed by atoms with Gasteiger partial charge in [-0.05, 0) is 77.0 Å². The molecular weight excluding hydrogens is 931 g/mol. The molecule has 74 heavy (non-hydrogen) atoms. The molecule has 0 aromatic rings. The Morgan fingerprint density at radius 2 is 0.905 bits per heavy atom. The number of unbranched alkanes of at least 4 members (excludes halogenated alkanes) is 33. The maximum atomic E-state index is 13.0. The van der Waals surface area contributed by atoms with Crippen molar-refractivity contribution in [3.05, 3.63) is 48.6 Å². The van der Waals surface area contributed by atoms with Crippen LogP contribution in [0.1, 0.15) is 277 Å². The maximum absolute atomic E-state index is 13.0. The standard InChI is InChI=1S/C63H115NO10/c1-3-5-7-9-11-13-15-26-29-33-37-41-45-49-56(66)55(54-73-63-62(71)61(70)60(69)57(53-65)74-63)64-58(67)50-46-42-38-34-30-27-24-22-20-18-17-19-21-23-25-28-32-36-40-44-48-52-72-59(68)51-47-43-39-35-31-16-14-12-10-8-6-4-2/h12,14,28,32,40,44-45,49,55-57,60-63,65-66,69-71H,3-11,13,15-27,29-31,33-39,41-43,46-48,50-54H2,1-2H3,(H,64,67)/b14-12-,32-28-,44-40-,49-45+. The average molecular weight is 1050 g/mol. The molecule has 1 aliphatic heterocycles. The molecule has 1 rings (SSSR count). The van der Waals surface area contributed by atoms with Gasteiger partial charge in [-0.1, -0.05) is 236 Å². The zero-order valence-electron chi connectivity index (χ0n) is 47.6. The van der Waals surface area contributed by atoms with Crippen LogP contribution in [-0.4, -0.2) is 100 Å². The van der Waals surface area contributed by atoms with Crippen molar-refractivity contribution in [2.75, 3.05) is 19.8 Å². The number of ether oxygens (including phenoxy) is 3. The summed E-state index contributed by atoms with van der Waals surface area (Å²) < 4.78 is 16.6. The topological polar surface area (TPSA) is 175 Å². The van der Waals surface area contributed by atoms with Gasteiger partial charge in [0.2, 0.25) is 5.91 Å². The summed E-state index contributed by atoms with van der Waals surface area (Å²) >= 11 is 0. The highest BCUT2D eigenvalue weighted by molar-refractivity contribution is 5.76. The Bertz CT molecular complexity index is 1370. The molecular formula is C63H115NO10. The molecule has 1 aliphatic rings. The molecule has 0 radical (unpaired) electrons. The lowest BCUT2D eigenvalue weighted by Gasteiger charge is -2.40. The lowest BCUT2D eigenvalue weighted by molar-refractivity contribution is -0.302. The van der Waals surface area contributed by atoms with Gasteiger partial charge in [0.15, 0.2) is 6.29 Å². The van der Waals surface area contributed by atoms with Gasteiger partial charge in [0.25, 0.3) is 0 Å². The molecule has 0 aliphatic carbocycles. The fraction of sp³-hybridized carbons (Fsp3) is 0.841. The van der Waals surface area contributed by atoms with Crippen LogP contribution >= 0.6 is 0 Å². The molecule has 1 amide bonds. The lowest BCUT2D eigenvalue weighted by atomic mass is 9.99. The number of hydrogen-bond donors (Lipinski definition) is 6. The van der Waals surface area contributed by atoms with E-state index in [1.165, 1.54) is 180 Å². The van der Waals surface area contributed by atoms with E-state index < -0.39 is 49.5 Å². The SMILES string of the molecule is CCCCC/C=C\CCCCCCCC(=O)OCC/C=C\C/C=C\CCCCCCCCCCCCCCCCC(=O)NC(COC1OC(CO)C(O)C(O)C1O)C(O)/C=C/CCCCCCCCCCCCC. The minimum atomic E-state index is -1.57. The van der Waals surface area contributed by atoms with Crippen LogP contribution in [0.5, 0.6) is 0 Å². The molecule has 7 atom stereocenters. The molecule has 0 saturated carbocycles. The molecule has 0 spiro atoms. The first kappa shape index (κ1) is 69.6. The van der Waals surface area contributed by atoms with E-state index in [0.29, 0.717) is 19.4 Å². The van der Waals surface area contributed by atoms with Gasteiger partial charge in [-0.25, -0.2) is 0 Å². The molecule has 11 heteroatoms. The number of rotatable bonds is 53. The van der Waals surface area contributed by atoms with E-state index in [-0.39, 0.29) is 18.5 Å². The van der Waals surface area contributed by atoms with E-state index >= 15 is 0 Å². The summed E-state index contributed by atoms with van der Waals surface area (Å²) in [6.07, 6.45) is 56.4. The van der Waals surface area contributed by atoms with Crippen LogP contribution < -0.4 is 5.32 Å². The van der Waals surface area contributed by atoms with Crippen molar-refractivity contribution < 1.29 is 49.3 Å². The van der Waals surface area contributed by atoms with Gasteiger partial charge in [-0.3, -0.25) is 9.59 Å². The molecule has 0 aromatic carbocycles. The van der Waals surface area contributed by atoms with Crippen molar-refractivity contribution in [1.82, 2.24) is 5.32 Å². The van der Waals surface area contributed by atoms with E-state index in [2.05, 4.69) is 55.6 Å². The van der Waals surface area contributed by atoms with Gasteiger partial charge >= 0.3 is 5.97 Å².